The highest BCUT2D eigenvalue weighted by molar-refractivity contribution is 6.42. The third-order valence-electron chi connectivity index (χ3n) is 3.93. The fraction of sp³-hybridized carbons (Fsp3) is 0.200. The number of carbonyl (C=O) groups is 1. The number of halogens is 5. The van der Waals surface area contributed by atoms with E-state index in [2.05, 4.69) is 15.2 Å². The zero-order valence-electron chi connectivity index (χ0n) is 15.4. The van der Waals surface area contributed by atoms with Crippen LogP contribution >= 0.6 is 23.2 Å². The molecule has 0 saturated carbocycles. The number of aromatic nitrogens is 2. The molecule has 1 aromatic heterocycles. The summed E-state index contributed by atoms with van der Waals surface area (Å²) in [5, 5.41) is 7.83. The molecule has 30 heavy (non-hydrogen) atoms. The largest absolute Gasteiger partial charge is 0.411 e. The molecule has 5 nitrogen and oxygen atoms in total. The Balaban J connectivity index is 1.59. The number of alkyl halides is 3. The molecule has 0 fully saturated rings. The molecule has 2 aromatic carbocycles. The number of hydrogen-bond donors (Lipinski definition) is 1. The molecule has 0 unspecified atom stereocenters. The van der Waals surface area contributed by atoms with Crippen LogP contribution in [0.15, 0.2) is 54.7 Å². The van der Waals surface area contributed by atoms with Gasteiger partial charge in [-0.25, -0.2) is 0 Å². The normalized spacial score (nSPS) is 11.5. The first kappa shape index (κ1) is 22.1. The molecule has 3 aromatic rings. The van der Waals surface area contributed by atoms with E-state index in [0.717, 1.165) is 5.56 Å². The van der Waals surface area contributed by atoms with Crippen LogP contribution in [0.5, 0.6) is 0 Å². The van der Waals surface area contributed by atoms with Crippen LogP contribution in [-0.4, -0.2) is 28.5 Å². The second-order valence-corrected chi connectivity index (χ2v) is 7.22. The second kappa shape index (κ2) is 9.51. The molecule has 1 N–H and O–H groups in total. The van der Waals surface area contributed by atoms with E-state index in [1.165, 1.54) is 6.07 Å². The summed E-state index contributed by atoms with van der Waals surface area (Å²) in [6.45, 7) is -1.17. The summed E-state index contributed by atoms with van der Waals surface area (Å²) in [7, 11) is 0. The molecule has 1 amide bonds. The molecule has 0 aliphatic heterocycles. The maximum Gasteiger partial charge on any atom is 0.411 e. The molecule has 0 atom stereocenters. The van der Waals surface area contributed by atoms with Crippen molar-refractivity contribution >= 4 is 34.9 Å². The van der Waals surface area contributed by atoms with Crippen LogP contribution in [0.4, 0.5) is 19.0 Å². The summed E-state index contributed by atoms with van der Waals surface area (Å²) in [6.07, 6.45) is -2.70. The SMILES string of the molecule is O=C(Nc1ccn(Cc2ccc(Cl)c(Cl)c2)n1)c1cccc(COCC(F)(F)F)c1. The van der Waals surface area contributed by atoms with Crippen molar-refractivity contribution in [2.24, 2.45) is 0 Å². The average molecular weight is 458 g/mol. The van der Waals surface area contributed by atoms with Crippen molar-refractivity contribution in [3.63, 3.8) is 0 Å². The first-order chi connectivity index (χ1) is 14.2. The molecule has 0 bridgehead atoms. The molecule has 158 valence electrons. The molecular formula is C20H16Cl2F3N3O2. The van der Waals surface area contributed by atoms with Crippen molar-refractivity contribution in [2.75, 3.05) is 11.9 Å². The van der Waals surface area contributed by atoms with Crippen LogP contribution in [0, 0.1) is 0 Å². The molecule has 1 heterocycles. The van der Waals surface area contributed by atoms with Gasteiger partial charge in [0.05, 0.1) is 23.2 Å². The maximum absolute atomic E-state index is 12.4. The van der Waals surface area contributed by atoms with Crippen molar-refractivity contribution < 1.29 is 22.7 Å². The van der Waals surface area contributed by atoms with Gasteiger partial charge in [-0.2, -0.15) is 18.3 Å². The van der Waals surface area contributed by atoms with Gasteiger partial charge < -0.3 is 10.1 Å². The minimum Gasteiger partial charge on any atom is -0.367 e. The van der Waals surface area contributed by atoms with E-state index in [-0.39, 0.29) is 12.2 Å². The Bertz CT molecular complexity index is 1040. The van der Waals surface area contributed by atoms with Gasteiger partial charge in [-0.15, -0.1) is 0 Å². The van der Waals surface area contributed by atoms with Crippen molar-refractivity contribution in [3.8, 4) is 0 Å². The number of benzene rings is 2. The Morgan fingerprint density at radius 3 is 2.60 bits per heavy atom. The lowest BCUT2D eigenvalue weighted by molar-refractivity contribution is -0.176. The smallest absolute Gasteiger partial charge is 0.367 e. The van der Waals surface area contributed by atoms with E-state index in [1.807, 2.05) is 6.07 Å². The molecule has 0 spiro atoms. The van der Waals surface area contributed by atoms with E-state index >= 15 is 0 Å². The highest BCUT2D eigenvalue weighted by Gasteiger charge is 2.27. The molecule has 3 rings (SSSR count). The van der Waals surface area contributed by atoms with Gasteiger partial charge in [-0.1, -0.05) is 41.4 Å². The monoisotopic (exact) mass is 457 g/mol. The number of nitrogens with one attached hydrogen (secondary N) is 1. The fourth-order valence-electron chi connectivity index (χ4n) is 2.62. The zero-order valence-corrected chi connectivity index (χ0v) is 16.9. The van der Waals surface area contributed by atoms with Crippen LogP contribution < -0.4 is 5.32 Å². The third-order valence-corrected chi connectivity index (χ3v) is 4.67. The Kier molecular flexibility index (Phi) is 7.02. The first-order valence-electron chi connectivity index (χ1n) is 8.72. The molecule has 0 saturated heterocycles. The highest BCUT2D eigenvalue weighted by Crippen LogP contribution is 2.23. The summed E-state index contributed by atoms with van der Waals surface area (Å²) >= 11 is 11.9. The lowest BCUT2D eigenvalue weighted by Gasteiger charge is -2.09. The minimum absolute atomic E-state index is 0.251. The predicted octanol–water partition coefficient (Wildman–Crippen LogP) is 5.57. The molecule has 10 heteroatoms. The number of amides is 1. The van der Waals surface area contributed by atoms with E-state index < -0.39 is 18.7 Å². The Morgan fingerprint density at radius 1 is 1.07 bits per heavy atom. The van der Waals surface area contributed by atoms with E-state index in [9.17, 15) is 18.0 Å². The Hall–Kier alpha value is -2.55. The Labute approximate surface area is 180 Å². The molecule has 0 radical (unpaired) electrons. The van der Waals surface area contributed by atoms with Gasteiger partial charge in [-0.3, -0.25) is 9.48 Å². The lowest BCUT2D eigenvalue weighted by atomic mass is 10.1. The lowest BCUT2D eigenvalue weighted by Crippen LogP contribution is -2.17. The van der Waals surface area contributed by atoms with Crippen LogP contribution in [-0.2, 0) is 17.9 Å². The fourth-order valence-corrected chi connectivity index (χ4v) is 2.94. The van der Waals surface area contributed by atoms with Gasteiger partial charge in [-0.05, 0) is 35.4 Å². The molecule has 0 aliphatic rings. The number of nitrogens with zero attached hydrogens (tertiary/aromatic N) is 2. The predicted molar refractivity (Wildman–Crippen MR) is 108 cm³/mol. The minimum atomic E-state index is -4.40. The van der Waals surface area contributed by atoms with Crippen molar-refractivity contribution in [3.05, 3.63) is 81.5 Å². The van der Waals surface area contributed by atoms with Crippen LogP contribution in [0.1, 0.15) is 21.5 Å². The van der Waals surface area contributed by atoms with E-state index in [1.54, 1.807) is 47.3 Å². The van der Waals surface area contributed by atoms with Crippen LogP contribution in [0.3, 0.4) is 0 Å². The number of rotatable bonds is 7. The number of anilines is 1. The van der Waals surface area contributed by atoms with E-state index in [0.29, 0.717) is 28.0 Å². The summed E-state index contributed by atoms with van der Waals surface area (Å²) in [5.41, 5.74) is 1.62. The van der Waals surface area contributed by atoms with Crippen molar-refractivity contribution in [1.29, 1.82) is 0 Å². The Morgan fingerprint density at radius 2 is 1.87 bits per heavy atom. The van der Waals surface area contributed by atoms with Crippen molar-refractivity contribution in [1.82, 2.24) is 9.78 Å². The van der Waals surface area contributed by atoms with Crippen molar-refractivity contribution in [2.45, 2.75) is 19.3 Å². The first-order valence-corrected chi connectivity index (χ1v) is 9.47. The van der Waals surface area contributed by atoms with Crippen LogP contribution in [0.2, 0.25) is 10.0 Å². The standard InChI is InChI=1S/C20H16Cl2F3N3O2/c21-16-5-4-13(9-17(16)22)10-28-7-6-18(27-28)26-19(29)15-3-1-2-14(8-15)11-30-12-20(23,24)25/h1-9H,10-12H2,(H,26,27,29). The average Bonchev–Trinajstić information content (AvgIpc) is 3.11. The zero-order chi connectivity index (χ0) is 21.7. The van der Waals surface area contributed by atoms with Gasteiger partial charge in [0.25, 0.3) is 5.91 Å². The summed E-state index contributed by atoms with van der Waals surface area (Å²) in [4.78, 5) is 12.4. The second-order valence-electron chi connectivity index (χ2n) is 6.41. The van der Waals surface area contributed by atoms with Gasteiger partial charge in [0.15, 0.2) is 5.82 Å². The highest BCUT2D eigenvalue weighted by atomic mass is 35.5. The number of ether oxygens (including phenoxy) is 1. The van der Waals surface area contributed by atoms with Gasteiger partial charge in [0.2, 0.25) is 0 Å². The topological polar surface area (TPSA) is 56.2 Å². The van der Waals surface area contributed by atoms with Crippen LogP contribution in [0.25, 0.3) is 0 Å². The summed E-state index contributed by atoms with van der Waals surface area (Å²) in [6, 6.07) is 13.1. The quantitative estimate of drug-likeness (QED) is 0.504. The molecular weight excluding hydrogens is 442 g/mol. The van der Waals surface area contributed by atoms with E-state index in [4.69, 9.17) is 23.2 Å². The van der Waals surface area contributed by atoms with Gasteiger partial charge >= 0.3 is 6.18 Å². The third kappa shape index (κ3) is 6.48. The number of carbonyl (C=O) groups excluding carboxylic acids is 1. The molecule has 0 aliphatic carbocycles. The maximum atomic E-state index is 12.4. The number of hydrogen-bond acceptors (Lipinski definition) is 3. The summed E-state index contributed by atoms with van der Waals surface area (Å²) in [5.74, 6) is -0.105. The van der Waals surface area contributed by atoms with Gasteiger partial charge in [0.1, 0.15) is 6.61 Å². The summed E-state index contributed by atoms with van der Waals surface area (Å²) < 4.78 is 42.8. The van der Waals surface area contributed by atoms with Gasteiger partial charge in [0, 0.05) is 17.8 Å².